The fourth-order valence-corrected chi connectivity index (χ4v) is 3.77. The molecule has 0 aliphatic rings. The van der Waals surface area contributed by atoms with Crippen molar-refractivity contribution in [2.24, 2.45) is 7.05 Å². The van der Waals surface area contributed by atoms with E-state index in [2.05, 4.69) is 15.2 Å². The van der Waals surface area contributed by atoms with E-state index in [-0.39, 0.29) is 23.4 Å². The maximum Gasteiger partial charge on any atom is 0.266 e. The van der Waals surface area contributed by atoms with Crippen molar-refractivity contribution < 1.29 is 13.2 Å². The first kappa shape index (κ1) is 21.6. The number of fused-ring (bicyclic) bond motifs is 1. The fourth-order valence-electron chi connectivity index (χ4n) is 3.77. The van der Waals surface area contributed by atoms with Crippen molar-refractivity contribution in [1.82, 2.24) is 24.5 Å². The summed E-state index contributed by atoms with van der Waals surface area (Å²) in [5.74, 6) is -4.18. The number of hydrogen-bond donors (Lipinski definition) is 0. The number of halogens is 3. The van der Waals surface area contributed by atoms with Crippen molar-refractivity contribution in [3.8, 4) is 22.4 Å². The van der Waals surface area contributed by atoms with E-state index in [4.69, 9.17) is 0 Å². The average molecular weight is 461 g/mol. The summed E-state index contributed by atoms with van der Waals surface area (Å²) >= 11 is 0. The van der Waals surface area contributed by atoms with Crippen LogP contribution in [0.4, 0.5) is 13.2 Å². The van der Waals surface area contributed by atoms with Gasteiger partial charge in [-0.25, -0.2) is 17.9 Å². The zero-order valence-electron chi connectivity index (χ0n) is 18.0. The Hall–Kier alpha value is -4.27. The highest BCUT2D eigenvalue weighted by atomic mass is 19.2. The van der Waals surface area contributed by atoms with Gasteiger partial charge in [-0.1, -0.05) is 6.07 Å². The van der Waals surface area contributed by atoms with Gasteiger partial charge in [0.15, 0.2) is 17.5 Å². The molecule has 0 unspecified atom stereocenters. The van der Waals surface area contributed by atoms with E-state index in [1.165, 1.54) is 16.8 Å². The lowest BCUT2D eigenvalue weighted by Crippen LogP contribution is -2.23. The zero-order chi connectivity index (χ0) is 23.8. The average Bonchev–Trinajstić information content (AvgIpc) is 3.27. The Kier molecular flexibility index (Phi) is 5.45. The summed E-state index contributed by atoms with van der Waals surface area (Å²) in [6, 6.07) is 12.2. The first-order chi connectivity index (χ1) is 16.4. The van der Waals surface area contributed by atoms with Gasteiger partial charge in [-0.3, -0.25) is 14.5 Å². The van der Waals surface area contributed by atoms with E-state index in [1.807, 2.05) is 37.5 Å². The molecule has 0 saturated heterocycles. The van der Waals surface area contributed by atoms with Crippen molar-refractivity contribution in [2.45, 2.75) is 13.0 Å². The van der Waals surface area contributed by atoms with Crippen molar-refractivity contribution in [2.75, 3.05) is 0 Å². The van der Waals surface area contributed by atoms with Crippen LogP contribution in [0, 0.1) is 17.5 Å². The third-order valence-corrected chi connectivity index (χ3v) is 5.54. The van der Waals surface area contributed by atoms with Crippen LogP contribution in [0.5, 0.6) is 0 Å². The van der Waals surface area contributed by atoms with Crippen molar-refractivity contribution >= 4 is 10.9 Å². The summed E-state index contributed by atoms with van der Waals surface area (Å²) in [7, 11) is 1.85. The number of aromatic nitrogens is 5. The highest BCUT2D eigenvalue weighted by Crippen LogP contribution is 2.24. The number of benzene rings is 2. The predicted octanol–water partition coefficient (Wildman–Crippen LogP) is 4.52. The molecule has 170 valence electrons. The topological polar surface area (TPSA) is 65.6 Å². The van der Waals surface area contributed by atoms with Gasteiger partial charge in [0.25, 0.3) is 5.56 Å². The predicted molar refractivity (Wildman–Crippen MR) is 121 cm³/mol. The maximum atomic E-state index is 13.6. The highest BCUT2D eigenvalue weighted by Gasteiger charge is 2.13. The van der Waals surface area contributed by atoms with Gasteiger partial charge in [-0.15, -0.1) is 0 Å². The van der Waals surface area contributed by atoms with Crippen molar-refractivity contribution in [1.29, 1.82) is 0 Å². The number of nitrogens with zero attached hydrogens (tertiary/aromatic N) is 5. The largest absolute Gasteiger partial charge is 0.275 e. The molecule has 6 nitrogen and oxygen atoms in total. The van der Waals surface area contributed by atoms with Crippen molar-refractivity contribution in [3.63, 3.8) is 0 Å². The standard InChI is InChI=1S/C25H18F3N5O/c1-32-14-19(13-30-32)18-9-16-8-15(2-3-22(16)29-12-18)6-7-33-24(34)5-4-23(31-33)17-10-20(26)25(28)21(27)11-17/h2-5,8-14H,6-7H2,1H3. The molecule has 0 aliphatic heterocycles. The van der Waals surface area contributed by atoms with Gasteiger partial charge in [0, 0.05) is 54.1 Å². The van der Waals surface area contributed by atoms with Crippen LogP contribution in [0.25, 0.3) is 33.3 Å². The van der Waals surface area contributed by atoms with Crippen LogP contribution in [-0.2, 0) is 20.0 Å². The van der Waals surface area contributed by atoms with E-state index in [0.717, 1.165) is 39.7 Å². The third-order valence-electron chi connectivity index (χ3n) is 5.54. The van der Waals surface area contributed by atoms with Crippen LogP contribution in [0.15, 0.2) is 71.9 Å². The number of hydrogen-bond acceptors (Lipinski definition) is 4. The van der Waals surface area contributed by atoms with Crippen LogP contribution in [0.2, 0.25) is 0 Å². The second-order valence-corrected chi connectivity index (χ2v) is 7.94. The normalized spacial score (nSPS) is 11.3. The van der Waals surface area contributed by atoms with Gasteiger partial charge in [-0.05, 0) is 48.4 Å². The molecule has 0 aliphatic carbocycles. The van der Waals surface area contributed by atoms with Gasteiger partial charge in [0.2, 0.25) is 0 Å². The number of rotatable bonds is 5. The Bertz CT molecular complexity index is 1570. The van der Waals surface area contributed by atoms with Crippen LogP contribution in [0.1, 0.15) is 5.56 Å². The Labute approximate surface area is 191 Å². The lowest BCUT2D eigenvalue weighted by Gasteiger charge is -2.09. The second-order valence-electron chi connectivity index (χ2n) is 7.94. The monoisotopic (exact) mass is 461 g/mol. The fraction of sp³-hybridized carbons (Fsp3) is 0.120. The summed E-state index contributed by atoms with van der Waals surface area (Å²) in [4.78, 5) is 16.8. The first-order valence-corrected chi connectivity index (χ1v) is 10.5. The first-order valence-electron chi connectivity index (χ1n) is 10.5. The molecule has 3 aromatic heterocycles. The summed E-state index contributed by atoms with van der Waals surface area (Å²) in [6.45, 7) is 0.250. The minimum atomic E-state index is -1.55. The maximum absolute atomic E-state index is 13.6. The Morgan fingerprint density at radius 2 is 1.68 bits per heavy atom. The molecule has 3 heterocycles. The van der Waals surface area contributed by atoms with Gasteiger partial charge < -0.3 is 0 Å². The SMILES string of the molecule is Cn1cc(-c2cnc3ccc(CCn4nc(-c5cc(F)c(F)c(F)c5)ccc4=O)cc3c2)cn1. The van der Waals surface area contributed by atoms with Crippen LogP contribution >= 0.6 is 0 Å². The molecular formula is C25H18F3N5O. The van der Waals surface area contributed by atoms with Gasteiger partial charge in [-0.2, -0.15) is 10.2 Å². The molecule has 5 rings (SSSR count). The smallest absolute Gasteiger partial charge is 0.266 e. The minimum absolute atomic E-state index is 0.0462. The molecule has 0 amide bonds. The number of aryl methyl sites for hydroxylation is 3. The summed E-state index contributed by atoms with van der Waals surface area (Å²) in [5.41, 5.74) is 3.58. The van der Waals surface area contributed by atoms with Crippen LogP contribution < -0.4 is 5.56 Å². The lowest BCUT2D eigenvalue weighted by atomic mass is 10.1. The van der Waals surface area contributed by atoms with Crippen LogP contribution in [0.3, 0.4) is 0 Å². The molecule has 0 fully saturated rings. The molecule has 0 N–H and O–H groups in total. The summed E-state index contributed by atoms with van der Waals surface area (Å²) in [6.07, 6.45) is 5.98. The second kappa shape index (κ2) is 8.58. The Morgan fingerprint density at radius 1 is 0.882 bits per heavy atom. The molecule has 0 saturated carbocycles. The third kappa shape index (κ3) is 4.19. The molecular weight excluding hydrogens is 443 g/mol. The summed E-state index contributed by atoms with van der Waals surface area (Å²) < 4.78 is 43.5. The van der Waals surface area contributed by atoms with Gasteiger partial charge in [0.05, 0.1) is 17.4 Å². The Morgan fingerprint density at radius 3 is 2.41 bits per heavy atom. The van der Waals surface area contributed by atoms with Crippen LogP contribution in [-0.4, -0.2) is 24.5 Å². The zero-order valence-corrected chi connectivity index (χ0v) is 18.0. The molecule has 0 spiro atoms. The molecule has 0 bridgehead atoms. The van der Waals surface area contributed by atoms with Gasteiger partial charge in [0.1, 0.15) is 0 Å². The molecule has 5 aromatic rings. The quantitative estimate of drug-likeness (QED) is 0.361. The molecule has 0 atom stereocenters. The molecule has 34 heavy (non-hydrogen) atoms. The van der Waals surface area contributed by atoms with E-state index in [0.29, 0.717) is 6.42 Å². The van der Waals surface area contributed by atoms with E-state index in [9.17, 15) is 18.0 Å². The van der Waals surface area contributed by atoms with E-state index >= 15 is 0 Å². The van der Waals surface area contributed by atoms with E-state index in [1.54, 1.807) is 17.1 Å². The minimum Gasteiger partial charge on any atom is -0.275 e. The molecule has 9 heteroatoms. The van der Waals surface area contributed by atoms with Gasteiger partial charge >= 0.3 is 0 Å². The Balaban J connectivity index is 1.40. The molecule has 2 aromatic carbocycles. The summed E-state index contributed by atoms with van der Waals surface area (Å²) in [5, 5.41) is 9.36. The highest BCUT2D eigenvalue weighted by molar-refractivity contribution is 5.83. The van der Waals surface area contributed by atoms with Crippen molar-refractivity contribution in [3.05, 3.63) is 100 Å². The molecule has 0 radical (unpaired) electrons. The van der Waals surface area contributed by atoms with E-state index < -0.39 is 17.5 Å². The number of pyridine rings is 1. The lowest BCUT2D eigenvalue weighted by molar-refractivity contribution is 0.447.